The van der Waals surface area contributed by atoms with E-state index in [1.165, 1.54) is 12.4 Å². The van der Waals surface area contributed by atoms with Crippen LogP contribution in [0.3, 0.4) is 0 Å². The number of thiocarbonyl (C=S) groups is 1. The van der Waals surface area contributed by atoms with Crippen LogP contribution < -0.4 is 10.5 Å². The lowest BCUT2D eigenvalue weighted by Crippen LogP contribution is -2.13. The Bertz CT molecular complexity index is 619. The van der Waals surface area contributed by atoms with Gasteiger partial charge in [0.05, 0.1) is 0 Å². The molecule has 1 heterocycles. The van der Waals surface area contributed by atoms with Crippen LogP contribution in [0.1, 0.15) is 18.2 Å². The van der Waals surface area contributed by atoms with E-state index in [0.29, 0.717) is 22.3 Å². The fourth-order valence-electron chi connectivity index (χ4n) is 1.57. The van der Waals surface area contributed by atoms with Gasteiger partial charge in [0, 0.05) is 17.4 Å². The summed E-state index contributed by atoms with van der Waals surface area (Å²) in [5.74, 6) is 0.915. The molecule has 0 bridgehead atoms. The van der Waals surface area contributed by atoms with Crippen molar-refractivity contribution in [2.75, 3.05) is 0 Å². The molecule has 2 N–H and O–H groups in total. The van der Waals surface area contributed by atoms with E-state index in [9.17, 15) is 0 Å². The maximum Gasteiger partial charge on any atom is 0.248 e. The minimum absolute atomic E-state index is 0.146. The molecule has 19 heavy (non-hydrogen) atoms. The highest BCUT2D eigenvalue weighted by atomic mass is 35.5. The van der Waals surface area contributed by atoms with E-state index in [1.807, 2.05) is 13.0 Å². The number of benzene rings is 1. The highest BCUT2D eigenvalue weighted by molar-refractivity contribution is 7.80. The average Bonchev–Trinajstić information content (AvgIpc) is 2.41. The van der Waals surface area contributed by atoms with Crippen molar-refractivity contribution in [1.82, 2.24) is 9.97 Å². The number of nitrogens with two attached hydrogens (primary N) is 1. The smallest absolute Gasteiger partial charge is 0.248 e. The second kappa shape index (κ2) is 5.95. The number of rotatable bonds is 4. The van der Waals surface area contributed by atoms with Gasteiger partial charge in [0.1, 0.15) is 10.7 Å². The van der Waals surface area contributed by atoms with Crippen LogP contribution in [0.5, 0.6) is 11.6 Å². The summed E-state index contributed by atoms with van der Waals surface area (Å²) in [6.45, 7) is 2.02. The number of nitrogens with zero attached hydrogens (tertiary/aromatic N) is 2. The number of halogens is 1. The van der Waals surface area contributed by atoms with Crippen molar-refractivity contribution in [2.24, 2.45) is 5.73 Å². The Morgan fingerprint density at radius 3 is 2.79 bits per heavy atom. The molecule has 0 unspecified atom stereocenters. The van der Waals surface area contributed by atoms with Crippen LogP contribution in [0.15, 0.2) is 30.6 Å². The van der Waals surface area contributed by atoms with Crippen molar-refractivity contribution < 1.29 is 4.74 Å². The van der Waals surface area contributed by atoms with E-state index in [4.69, 9.17) is 34.3 Å². The lowest BCUT2D eigenvalue weighted by atomic mass is 10.1. The number of hydrogen-bond donors (Lipinski definition) is 1. The molecule has 2 aromatic rings. The molecule has 4 nitrogen and oxygen atoms in total. The normalized spacial score (nSPS) is 10.2. The van der Waals surface area contributed by atoms with Gasteiger partial charge in [-0.15, -0.1) is 0 Å². The summed E-state index contributed by atoms with van der Waals surface area (Å²) >= 11 is 11.0. The average molecular weight is 294 g/mol. The Hall–Kier alpha value is -1.72. The van der Waals surface area contributed by atoms with E-state index >= 15 is 0 Å². The SMILES string of the molecule is CCc1cc(Oc2nccnc2C(N)=S)ccc1Cl. The predicted molar refractivity (Wildman–Crippen MR) is 78.8 cm³/mol. The third kappa shape index (κ3) is 3.19. The number of aryl methyl sites for hydroxylation is 1. The number of hydrogen-bond acceptors (Lipinski definition) is 4. The molecule has 0 saturated carbocycles. The molecular formula is C13H12ClN3OS. The van der Waals surface area contributed by atoms with Gasteiger partial charge in [0.15, 0.2) is 5.69 Å². The summed E-state index contributed by atoms with van der Waals surface area (Å²) in [6, 6.07) is 5.41. The van der Waals surface area contributed by atoms with Crippen molar-refractivity contribution >= 4 is 28.8 Å². The molecule has 0 fully saturated rings. The monoisotopic (exact) mass is 293 g/mol. The summed E-state index contributed by atoms with van der Waals surface area (Å²) < 4.78 is 5.67. The first-order chi connectivity index (χ1) is 9.11. The van der Waals surface area contributed by atoms with Crippen LogP contribution in [-0.2, 0) is 6.42 Å². The molecule has 0 amide bonds. The Kier molecular flexibility index (Phi) is 4.29. The van der Waals surface area contributed by atoms with Gasteiger partial charge in [0.2, 0.25) is 5.88 Å². The second-order valence-corrected chi connectivity index (χ2v) is 4.63. The van der Waals surface area contributed by atoms with Crippen molar-refractivity contribution in [3.63, 3.8) is 0 Å². The Labute approximate surface area is 121 Å². The summed E-state index contributed by atoms with van der Waals surface area (Å²) in [7, 11) is 0. The molecule has 0 saturated heterocycles. The van der Waals surface area contributed by atoms with E-state index in [-0.39, 0.29) is 4.99 Å². The molecule has 0 aliphatic heterocycles. The Balaban J connectivity index is 2.34. The third-order valence-electron chi connectivity index (χ3n) is 2.51. The summed E-state index contributed by atoms with van der Waals surface area (Å²) in [5, 5.41) is 0.712. The molecule has 0 atom stereocenters. The van der Waals surface area contributed by atoms with Gasteiger partial charge < -0.3 is 10.5 Å². The molecular weight excluding hydrogens is 282 g/mol. The summed E-state index contributed by atoms with van der Waals surface area (Å²) in [6.07, 6.45) is 3.85. The van der Waals surface area contributed by atoms with Crippen molar-refractivity contribution in [2.45, 2.75) is 13.3 Å². The zero-order chi connectivity index (χ0) is 13.8. The van der Waals surface area contributed by atoms with Gasteiger partial charge in [-0.2, -0.15) is 0 Å². The fraction of sp³-hybridized carbons (Fsp3) is 0.154. The first kappa shape index (κ1) is 13.7. The van der Waals surface area contributed by atoms with Crippen LogP contribution in [0.25, 0.3) is 0 Å². The molecule has 0 radical (unpaired) electrons. The minimum Gasteiger partial charge on any atom is -0.437 e. The zero-order valence-electron chi connectivity index (χ0n) is 10.3. The quantitative estimate of drug-likeness (QED) is 0.878. The van der Waals surface area contributed by atoms with Gasteiger partial charge >= 0.3 is 0 Å². The number of ether oxygens (including phenoxy) is 1. The van der Waals surface area contributed by atoms with Crippen molar-refractivity contribution in [3.05, 3.63) is 46.9 Å². The molecule has 98 valence electrons. The maximum atomic E-state index is 6.06. The molecule has 2 rings (SSSR count). The van der Waals surface area contributed by atoms with Crippen LogP contribution in [-0.4, -0.2) is 15.0 Å². The lowest BCUT2D eigenvalue weighted by Gasteiger charge is -2.09. The Morgan fingerprint density at radius 2 is 2.11 bits per heavy atom. The maximum absolute atomic E-state index is 6.06. The van der Waals surface area contributed by atoms with Gasteiger partial charge in [0.25, 0.3) is 0 Å². The molecule has 0 aliphatic rings. The van der Waals surface area contributed by atoms with Gasteiger partial charge in [-0.05, 0) is 30.2 Å². The second-order valence-electron chi connectivity index (χ2n) is 3.78. The lowest BCUT2D eigenvalue weighted by molar-refractivity contribution is 0.458. The first-order valence-corrected chi connectivity index (χ1v) is 6.47. The van der Waals surface area contributed by atoms with E-state index in [2.05, 4.69) is 9.97 Å². The van der Waals surface area contributed by atoms with Gasteiger partial charge in [-0.25, -0.2) is 9.97 Å². The predicted octanol–water partition coefficient (Wildman–Crippen LogP) is 3.12. The molecule has 1 aromatic carbocycles. The topological polar surface area (TPSA) is 61.0 Å². The molecule has 1 aromatic heterocycles. The summed E-state index contributed by atoms with van der Waals surface area (Å²) in [5.41, 5.74) is 6.94. The van der Waals surface area contributed by atoms with Crippen LogP contribution >= 0.6 is 23.8 Å². The summed E-state index contributed by atoms with van der Waals surface area (Å²) in [4.78, 5) is 8.29. The van der Waals surface area contributed by atoms with Crippen LogP contribution in [0.4, 0.5) is 0 Å². The first-order valence-electron chi connectivity index (χ1n) is 5.69. The van der Waals surface area contributed by atoms with Crippen LogP contribution in [0, 0.1) is 0 Å². The van der Waals surface area contributed by atoms with Gasteiger partial charge in [-0.3, -0.25) is 0 Å². The van der Waals surface area contributed by atoms with E-state index in [0.717, 1.165) is 12.0 Å². The van der Waals surface area contributed by atoms with Gasteiger partial charge in [-0.1, -0.05) is 30.7 Å². The van der Waals surface area contributed by atoms with Crippen molar-refractivity contribution in [1.29, 1.82) is 0 Å². The van der Waals surface area contributed by atoms with Crippen molar-refractivity contribution in [3.8, 4) is 11.6 Å². The molecule has 6 heteroatoms. The fourth-order valence-corrected chi connectivity index (χ4v) is 1.96. The highest BCUT2D eigenvalue weighted by Crippen LogP contribution is 2.26. The largest absolute Gasteiger partial charge is 0.437 e. The minimum atomic E-state index is 0.146. The van der Waals surface area contributed by atoms with E-state index < -0.39 is 0 Å². The highest BCUT2D eigenvalue weighted by Gasteiger charge is 2.11. The zero-order valence-corrected chi connectivity index (χ0v) is 11.8. The standard InChI is InChI=1S/C13H12ClN3OS/c1-2-8-7-9(3-4-10(8)14)18-13-11(12(15)19)16-5-6-17-13/h3-7H,2H2,1H3,(H2,15,19). The van der Waals surface area contributed by atoms with Crippen LogP contribution in [0.2, 0.25) is 5.02 Å². The number of aromatic nitrogens is 2. The molecule has 0 aliphatic carbocycles. The Morgan fingerprint density at radius 1 is 1.37 bits per heavy atom. The van der Waals surface area contributed by atoms with E-state index in [1.54, 1.807) is 12.1 Å². The molecule has 0 spiro atoms. The third-order valence-corrected chi connectivity index (χ3v) is 3.07.